The summed E-state index contributed by atoms with van der Waals surface area (Å²) >= 11 is 0. The third kappa shape index (κ3) is 72.2. The number of phosphoric acid groups is 2. The van der Waals surface area contributed by atoms with E-state index in [0.29, 0.717) is 25.7 Å². The minimum absolute atomic E-state index is 0.106. The molecule has 0 saturated carbocycles. The molecule has 0 radical (unpaired) electrons. The van der Waals surface area contributed by atoms with Gasteiger partial charge in [-0.1, -0.05) is 362 Å². The van der Waals surface area contributed by atoms with Crippen molar-refractivity contribution in [3.63, 3.8) is 0 Å². The molecular formula is C78H152O17P2. The first-order valence-electron chi connectivity index (χ1n) is 40.6. The number of phosphoric ester groups is 2. The van der Waals surface area contributed by atoms with E-state index in [1.807, 2.05) is 0 Å². The Kier molecular flexibility index (Phi) is 69.6. The first-order valence-corrected chi connectivity index (χ1v) is 43.6. The number of aliphatic hydroxyl groups is 1. The highest BCUT2D eigenvalue weighted by atomic mass is 31.2. The summed E-state index contributed by atoms with van der Waals surface area (Å²) in [4.78, 5) is 72.9. The molecular weight excluding hydrogens is 1270 g/mol. The highest BCUT2D eigenvalue weighted by Crippen LogP contribution is 2.45. The van der Waals surface area contributed by atoms with Gasteiger partial charge in [0.1, 0.15) is 19.3 Å². The average Bonchev–Trinajstić information content (AvgIpc) is 1.50. The van der Waals surface area contributed by atoms with Gasteiger partial charge in [-0.25, -0.2) is 9.13 Å². The van der Waals surface area contributed by atoms with E-state index in [1.165, 1.54) is 238 Å². The third-order valence-corrected chi connectivity index (χ3v) is 20.2. The van der Waals surface area contributed by atoms with E-state index < -0.39 is 97.5 Å². The second kappa shape index (κ2) is 71.1. The number of ether oxygens (including phenoxy) is 4. The summed E-state index contributed by atoms with van der Waals surface area (Å²) in [6, 6.07) is 0. The molecule has 0 rings (SSSR count). The summed E-state index contributed by atoms with van der Waals surface area (Å²) in [7, 11) is -9.91. The lowest BCUT2D eigenvalue weighted by Gasteiger charge is -2.21. The van der Waals surface area contributed by atoms with Crippen molar-refractivity contribution in [3.05, 3.63) is 0 Å². The Bertz CT molecular complexity index is 1860. The number of esters is 4. The predicted octanol–water partition coefficient (Wildman–Crippen LogP) is 23.3. The maximum absolute atomic E-state index is 13.1. The van der Waals surface area contributed by atoms with Crippen LogP contribution in [-0.4, -0.2) is 96.7 Å². The van der Waals surface area contributed by atoms with Gasteiger partial charge in [-0.15, -0.1) is 0 Å². The Morgan fingerprint density at radius 2 is 0.474 bits per heavy atom. The van der Waals surface area contributed by atoms with E-state index in [1.54, 1.807) is 0 Å². The number of hydrogen-bond donors (Lipinski definition) is 3. The van der Waals surface area contributed by atoms with Gasteiger partial charge in [0.15, 0.2) is 12.2 Å². The summed E-state index contributed by atoms with van der Waals surface area (Å²) in [5.74, 6) is -1.37. The monoisotopic (exact) mass is 1420 g/mol. The second-order valence-corrected chi connectivity index (χ2v) is 31.5. The highest BCUT2D eigenvalue weighted by molar-refractivity contribution is 7.47. The van der Waals surface area contributed by atoms with E-state index in [9.17, 15) is 43.2 Å². The number of aliphatic hydroxyl groups excluding tert-OH is 1. The lowest BCUT2D eigenvalue weighted by Crippen LogP contribution is -2.30. The van der Waals surface area contributed by atoms with Gasteiger partial charge in [-0.3, -0.25) is 37.3 Å². The van der Waals surface area contributed by atoms with Gasteiger partial charge >= 0.3 is 39.5 Å². The molecule has 0 aliphatic heterocycles. The molecule has 0 heterocycles. The molecule has 0 aromatic carbocycles. The van der Waals surface area contributed by atoms with Crippen LogP contribution in [0.5, 0.6) is 0 Å². The third-order valence-electron chi connectivity index (χ3n) is 18.3. The zero-order valence-corrected chi connectivity index (χ0v) is 65.0. The van der Waals surface area contributed by atoms with Crippen LogP contribution in [0, 0.1) is 5.92 Å². The van der Waals surface area contributed by atoms with Crippen LogP contribution in [0.2, 0.25) is 0 Å². The van der Waals surface area contributed by atoms with Crippen LogP contribution in [-0.2, 0) is 65.4 Å². The van der Waals surface area contributed by atoms with Crippen molar-refractivity contribution in [3.8, 4) is 0 Å². The van der Waals surface area contributed by atoms with Crippen LogP contribution in [0.25, 0.3) is 0 Å². The molecule has 19 heteroatoms. The summed E-state index contributed by atoms with van der Waals surface area (Å²) < 4.78 is 68.6. The summed E-state index contributed by atoms with van der Waals surface area (Å²) in [5, 5.41) is 10.6. The summed E-state index contributed by atoms with van der Waals surface area (Å²) in [6.45, 7) is 7.29. The molecule has 0 aromatic rings. The van der Waals surface area contributed by atoms with Crippen molar-refractivity contribution in [2.75, 3.05) is 39.6 Å². The quantitative estimate of drug-likeness (QED) is 0.0222. The van der Waals surface area contributed by atoms with Crippen molar-refractivity contribution >= 4 is 39.5 Å². The van der Waals surface area contributed by atoms with Gasteiger partial charge in [0.25, 0.3) is 0 Å². The number of unbranched alkanes of at least 4 members (excludes halogenated alkanes) is 50. The van der Waals surface area contributed by atoms with Crippen molar-refractivity contribution in [2.45, 2.75) is 432 Å². The summed E-state index contributed by atoms with van der Waals surface area (Å²) in [6.07, 6.45) is 61.0. The van der Waals surface area contributed by atoms with Crippen LogP contribution in [0.1, 0.15) is 413 Å². The molecule has 0 amide bonds. The van der Waals surface area contributed by atoms with E-state index in [0.717, 1.165) is 95.8 Å². The highest BCUT2D eigenvalue weighted by Gasteiger charge is 2.30. The van der Waals surface area contributed by atoms with Gasteiger partial charge in [0, 0.05) is 25.7 Å². The van der Waals surface area contributed by atoms with Gasteiger partial charge in [-0.05, 0) is 31.6 Å². The van der Waals surface area contributed by atoms with Crippen LogP contribution in [0.3, 0.4) is 0 Å². The van der Waals surface area contributed by atoms with E-state index in [2.05, 4.69) is 34.6 Å². The number of carbonyl (C=O) groups excluding carboxylic acids is 4. The van der Waals surface area contributed by atoms with Crippen molar-refractivity contribution in [2.24, 2.45) is 5.92 Å². The lowest BCUT2D eigenvalue weighted by atomic mass is 10.0. The molecule has 2 unspecified atom stereocenters. The maximum atomic E-state index is 13.1. The molecule has 3 N–H and O–H groups in total. The van der Waals surface area contributed by atoms with Crippen molar-refractivity contribution in [1.82, 2.24) is 0 Å². The van der Waals surface area contributed by atoms with Crippen LogP contribution in [0.4, 0.5) is 0 Å². The van der Waals surface area contributed by atoms with Gasteiger partial charge in [-0.2, -0.15) is 0 Å². The molecule has 0 aliphatic rings. The van der Waals surface area contributed by atoms with E-state index in [-0.39, 0.29) is 25.7 Å². The largest absolute Gasteiger partial charge is 0.472 e. The van der Waals surface area contributed by atoms with Crippen molar-refractivity contribution in [1.29, 1.82) is 0 Å². The fourth-order valence-corrected chi connectivity index (χ4v) is 13.6. The molecule has 0 aromatic heterocycles. The van der Waals surface area contributed by atoms with Gasteiger partial charge < -0.3 is 33.8 Å². The zero-order chi connectivity index (χ0) is 71.2. The molecule has 0 fully saturated rings. The van der Waals surface area contributed by atoms with Gasteiger partial charge in [0.05, 0.1) is 26.4 Å². The van der Waals surface area contributed by atoms with Crippen LogP contribution in [0.15, 0.2) is 0 Å². The Labute approximate surface area is 594 Å². The molecule has 5 atom stereocenters. The molecule has 17 nitrogen and oxygen atoms in total. The number of rotatable bonds is 78. The predicted molar refractivity (Wildman–Crippen MR) is 395 cm³/mol. The number of carbonyl (C=O) groups is 4. The van der Waals surface area contributed by atoms with E-state index in [4.69, 9.17) is 37.0 Å². The zero-order valence-electron chi connectivity index (χ0n) is 63.2. The Morgan fingerprint density at radius 3 is 0.701 bits per heavy atom. The standard InChI is InChI=1S/C78H152O17P2/c1-6-9-12-15-18-21-24-26-28-30-31-33-35-38-43-48-53-58-63-77(82)94-73(67-89-76(81)62-57-52-47-42-37-34-32-29-27-25-22-19-16-13-10-7-2)69-92-96(84,85)90-65-72(79)66-91-97(86,87)93-70-74(68-88-75(80)61-56-51-46-41-36-23-20-17-14-11-8-3)95-78(83)64-59-54-49-44-39-40-45-50-55-60-71(4)5/h71-74,79H,6-70H2,1-5H3,(H,84,85)(H,86,87)/t72-,73-,74-/m1/s1. The first kappa shape index (κ1) is 95.1. The molecule has 0 bridgehead atoms. The molecule has 97 heavy (non-hydrogen) atoms. The lowest BCUT2D eigenvalue weighted by molar-refractivity contribution is -0.161. The Balaban J connectivity index is 5.24. The Hall–Kier alpha value is -1.94. The smallest absolute Gasteiger partial charge is 0.462 e. The first-order chi connectivity index (χ1) is 47.0. The normalized spacial score (nSPS) is 13.9. The van der Waals surface area contributed by atoms with Crippen LogP contribution < -0.4 is 0 Å². The maximum Gasteiger partial charge on any atom is 0.472 e. The van der Waals surface area contributed by atoms with Crippen molar-refractivity contribution < 1.29 is 80.2 Å². The summed E-state index contributed by atoms with van der Waals surface area (Å²) in [5.41, 5.74) is 0. The van der Waals surface area contributed by atoms with Crippen LogP contribution >= 0.6 is 15.6 Å². The Morgan fingerprint density at radius 1 is 0.278 bits per heavy atom. The van der Waals surface area contributed by atoms with Gasteiger partial charge in [0.2, 0.25) is 0 Å². The fourth-order valence-electron chi connectivity index (χ4n) is 12.1. The SMILES string of the molecule is CCCCCCCCCCCCCCCCCCCCC(=O)O[C@H](COC(=O)CCCCCCCCCCCCCCCCCC)COP(=O)(O)OC[C@@H](O)COP(=O)(O)OC[C@@H](COC(=O)CCCCCCCCCCCCC)OC(=O)CCCCCCCCCCCC(C)C. The second-order valence-electron chi connectivity index (χ2n) is 28.6. The molecule has 0 spiro atoms. The number of hydrogen-bond acceptors (Lipinski definition) is 15. The minimum Gasteiger partial charge on any atom is -0.462 e. The topological polar surface area (TPSA) is 237 Å². The molecule has 576 valence electrons. The fraction of sp³-hybridized carbons (Fsp3) is 0.949. The molecule has 0 aliphatic carbocycles. The molecule has 0 saturated heterocycles. The van der Waals surface area contributed by atoms with E-state index >= 15 is 0 Å². The minimum atomic E-state index is -4.96. The average molecular weight is 1420 g/mol.